The van der Waals surface area contributed by atoms with Crippen molar-refractivity contribution in [3.05, 3.63) is 0 Å². The van der Waals surface area contributed by atoms with Crippen LogP contribution < -0.4 is 0 Å². The highest BCUT2D eigenvalue weighted by atomic mass is 16.5. The molecule has 0 aromatic carbocycles. The molecule has 0 radical (unpaired) electrons. The van der Waals surface area contributed by atoms with E-state index in [0.29, 0.717) is 12.1 Å². The van der Waals surface area contributed by atoms with Crippen LogP contribution in [0.4, 0.5) is 0 Å². The van der Waals surface area contributed by atoms with Gasteiger partial charge in [0.1, 0.15) is 0 Å². The molecule has 1 saturated heterocycles. The molecule has 0 spiro atoms. The second-order valence-electron chi connectivity index (χ2n) is 5.78. The van der Waals surface area contributed by atoms with Crippen LogP contribution in [-0.2, 0) is 4.74 Å². The van der Waals surface area contributed by atoms with Gasteiger partial charge in [-0.25, -0.2) is 0 Å². The fourth-order valence-electron chi connectivity index (χ4n) is 2.48. The van der Waals surface area contributed by atoms with Crippen molar-refractivity contribution in [2.45, 2.75) is 58.8 Å². The first-order valence-corrected chi connectivity index (χ1v) is 5.67. The van der Waals surface area contributed by atoms with E-state index >= 15 is 0 Å². The van der Waals surface area contributed by atoms with E-state index < -0.39 is 0 Å². The summed E-state index contributed by atoms with van der Waals surface area (Å²) in [6.45, 7) is 12.1. The average Bonchev–Trinajstić information content (AvgIpc) is 2.26. The van der Waals surface area contributed by atoms with Crippen molar-refractivity contribution >= 4 is 0 Å². The van der Waals surface area contributed by atoms with Crippen molar-refractivity contribution in [2.24, 2.45) is 5.92 Å². The highest BCUT2D eigenvalue weighted by Gasteiger charge is 2.33. The number of rotatable bonds is 2. The van der Waals surface area contributed by atoms with Crippen molar-refractivity contribution in [1.82, 2.24) is 4.90 Å². The highest BCUT2D eigenvalue weighted by Crippen LogP contribution is 2.26. The van der Waals surface area contributed by atoms with Crippen LogP contribution in [0, 0.1) is 5.92 Å². The smallest absolute Gasteiger partial charge is 0.0709 e. The standard InChI is InChI=1S/C12H25NO/c1-9-7-11(13(6)8-9)10(2)14-12(3,4)5/h9-11H,7-8H2,1-6H3/t9-,10-,11-/m0/s1. The molecule has 0 bridgehead atoms. The Labute approximate surface area is 88.6 Å². The maximum Gasteiger partial charge on any atom is 0.0709 e. The second kappa shape index (κ2) is 4.19. The molecule has 84 valence electrons. The summed E-state index contributed by atoms with van der Waals surface area (Å²) in [5.74, 6) is 0.816. The third-order valence-corrected chi connectivity index (χ3v) is 2.89. The molecule has 0 aromatic rings. The Bertz CT molecular complexity index is 185. The van der Waals surface area contributed by atoms with Gasteiger partial charge in [-0.05, 0) is 47.1 Å². The quantitative estimate of drug-likeness (QED) is 0.677. The number of hydrogen-bond acceptors (Lipinski definition) is 2. The number of hydrogen-bond donors (Lipinski definition) is 0. The lowest BCUT2D eigenvalue weighted by Crippen LogP contribution is -2.40. The Morgan fingerprint density at radius 1 is 1.36 bits per heavy atom. The number of ether oxygens (including phenoxy) is 1. The average molecular weight is 199 g/mol. The van der Waals surface area contributed by atoms with Crippen molar-refractivity contribution in [3.8, 4) is 0 Å². The molecule has 1 heterocycles. The van der Waals surface area contributed by atoms with E-state index in [1.165, 1.54) is 13.0 Å². The first kappa shape index (κ1) is 12.0. The lowest BCUT2D eigenvalue weighted by molar-refractivity contribution is -0.0777. The van der Waals surface area contributed by atoms with Gasteiger partial charge in [0.05, 0.1) is 11.7 Å². The van der Waals surface area contributed by atoms with Crippen LogP contribution in [0.2, 0.25) is 0 Å². The lowest BCUT2D eigenvalue weighted by Gasteiger charge is -2.32. The maximum absolute atomic E-state index is 6.00. The molecule has 3 atom stereocenters. The normalized spacial score (nSPS) is 32.1. The zero-order valence-electron chi connectivity index (χ0n) is 10.5. The molecule has 0 N–H and O–H groups in total. The Hall–Kier alpha value is -0.0800. The molecule has 0 saturated carbocycles. The zero-order chi connectivity index (χ0) is 10.9. The molecule has 1 fully saturated rings. The Morgan fingerprint density at radius 3 is 2.29 bits per heavy atom. The van der Waals surface area contributed by atoms with Crippen molar-refractivity contribution < 1.29 is 4.74 Å². The molecule has 14 heavy (non-hydrogen) atoms. The first-order chi connectivity index (χ1) is 6.29. The third-order valence-electron chi connectivity index (χ3n) is 2.89. The first-order valence-electron chi connectivity index (χ1n) is 5.67. The van der Waals surface area contributed by atoms with Crippen LogP contribution in [0.5, 0.6) is 0 Å². The monoisotopic (exact) mass is 199 g/mol. The SMILES string of the molecule is C[C@H]1C[C@@H]([C@H](C)OC(C)(C)C)N(C)C1. The van der Waals surface area contributed by atoms with Gasteiger partial charge in [0.15, 0.2) is 0 Å². The number of likely N-dealkylation sites (tertiary alicyclic amines) is 1. The molecule has 0 amide bonds. The van der Waals surface area contributed by atoms with Crippen LogP contribution >= 0.6 is 0 Å². The molecular formula is C12H25NO. The van der Waals surface area contributed by atoms with Gasteiger partial charge in [0.25, 0.3) is 0 Å². The molecular weight excluding hydrogens is 174 g/mol. The molecule has 1 aliphatic rings. The van der Waals surface area contributed by atoms with Gasteiger partial charge < -0.3 is 9.64 Å². The molecule has 1 aliphatic heterocycles. The molecule has 1 rings (SSSR count). The van der Waals surface area contributed by atoms with E-state index in [-0.39, 0.29) is 5.60 Å². The molecule has 2 nitrogen and oxygen atoms in total. The van der Waals surface area contributed by atoms with E-state index in [1.807, 2.05) is 0 Å². The maximum atomic E-state index is 6.00. The Kier molecular flexibility index (Phi) is 3.59. The van der Waals surface area contributed by atoms with Crippen molar-refractivity contribution in [2.75, 3.05) is 13.6 Å². The predicted molar refractivity (Wildman–Crippen MR) is 60.5 cm³/mol. The summed E-state index contributed by atoms with van der Waals surface area (Å²) in [6.07, 6.45) is 1.61. The minimum Gasteiger partial charge on any atom is -0.371 e. The van der Waals surface area contributed by atoms with Crippen LogP contribution in [0.1, 0.15) is 41.0 Å². The number of nitrogens with zero attached hydrogens (tertiary/aromatic N) is 1. The van der Waals surface area contributed by atoms with Gasteiger partial charge in [0.2, 0.25) is 0 Å². The van der Waals surface area contributed by atoms with E-state index in [9.17, 15) is 0 Å². The zero-order valence-corrected chi connectivity index (χ0v) is 10.5. The van der Waals surface area contributed by atoms with Crippen molar-refractivity contribution in [1.29, 1.82) is 0 Å². The summed E-state index contributed by atoms with van der Waals surface area (Å²) in [5, 5.41) is 0. The van der Waals surface area contributed by atoms with Gasteiger partial charge >= 0.3 is 0 Å². The van der Waals surface area contributed by atoms with Gasteiger partial charge in [0, 0.05) is 12.6 Å². The molecule has 0 aromatic heterocycles. The van der Waals surface area contributed by atoms with E-state index in [2.05, 4.69) is 46.6 Å². The van der Waals surface area contributed by atoms with Crippen molar-refractivity contribution in [3.63, 3.8) is 0 Å². The second-order valence-corrected chi connectivity index (χ2v) is 5.78. The molecule has 0 aliphatic carbocycles. The van der Waals surface area contributed by atoms with Crippen LogP contribution in [0.3, 0.4) is 0 Å². The third kappa shape index (κ3) is 3.25. The minimum atomic E-state index is -0.0217. The Balaban J connectivity index is 2.49. The topological polar surface area (TPSA) is 12.5 Å². The van der Waals surface area contributed by atoms with Crippen LogP contribution in [-0.4, -0.2) is 36.2 Å². The highest BCUT2D eigenvalue weighted by molar-refractivity contribution is 4.86. The summed E-state index contributed by atoms with van der Waals surface area (Å²) in [7, 11) is 2.21. The van der Waals surface area contributed by atoms with Crippen LogP contribution in [0.15, 0.2) is 0 Å². The predicted octanol–water partition coefficient (Wildman–Crippen LogP) is 2.53. The molecule has 2 heteroatoms. The summed E-state index contributed by atoms with van der Waals surface area (Å²) in [6, 6.07) is 0.601. The molecule has 0 unspecified atom stereocenters. The fraction of sp³-hybridized carbons (Fsp3) is 1.00. The lowest BCUT2D eigenvalue weighted by atomic mass is 10.0. The summed E-state index contributed by atoms with van der Waals surface area (Å²) >= 11 is 0. The largest absolute Gasteiger partial charge is 0.371 e. The minimum absolute atomic E-state index is 0.0217. The fourth-order valence-corrected chi connectivity index (χ4v) is 2.48. The van der Waals surface area contributed by atoms with E-state index in [1.54, 1.807) is 0 Å². The van der Waals surface area contributed by atoms with Gasteiger partial charge in [-0.2, -0.15) is 0 Å². The van der Waals surface area contributed by atoms with Gasteiger partial charge in [-0.1, -0.05) is 6.92 Å². The van der Waals surface area contributed by atoms with Crippen LogP contribution in [0.25, 0.3) is 0 Å². The van der Waals surface area contributed by atoms with Gasteiger partial charge in [-0.3, -0.25) is 0 Å². The summed E-state index contributed by atoms with van der Waals surface area (Å²) in [5.41, 5.74) is -0.0217. The van der Waals surface area contributed by atoms with E-state index in [4.69, 9.17) is 4.74 Å². The summed E-state index contributed by atoms with van der Waals surface area (Å²) in [4.78, 5) is 2.43. The van der Waals surface area contributed by atoms with Gasteiger partial charge in [-0.15, -0.1) is 0 Å². The number of likely N-dealkylation sites (N-methyl/N-ethyl adjacent to an activating group) is 1. The Morgan fingerprint density at radius 2 is 1.93 bits per heavy atom. The van der Waals surface area contributed by atoms with E-state index in [0.717, 1.165) is 5.92 Å². The summed E-state index contributed by atoms with van der Waals surface area (Å²) < 4.78 is 6.00.